The maximum absolute atomic E-state index is 14.2. The molecule has 13 heteroatoms. The van der Waals surface area contributed by atoms with E-state index in [0.29, 0.717) is 55.3 Å². The molecule has 1 amide bonds. The van der Waals surface area contributed by atoms with E-state index in [0.717, 1.165) is 23.5 Å². The Kier molecular flexibility index (Phi) is 8.14. The maximum Gasteiger partial charge on any atom is 0.449 e. The third-order valence-electron chi connectivity index (χ3n) is 6.49. The number of nitrogens with zero attached hydrogens (tertiary/aromatic N) is 4. The molecular weight excluding hydrogens is 529 g/mol. The molecule has 1 aromatic carbocycles. The van der Waals surface area contributed by atoms with Crippen molar-refractivity contribution in [1.82, 2.24) is 14.8 Å². The molecule has 1 N–H and O–H groups in total. The number of aromatic nitrogens is 3. The lowest BCUT2D eigenvalue weighted by Gasteiger charge is -2.25. The number of thiazole rings is 1. The highest BCUT2D eigenvalue weighted by atomic mass is 32.1. The van der Waals surface area contributed by atoms with Gasteiger partial charge in [-0.15, -0.1) is 11.3 Å². The van der Waals surface area contributed by atoms with E-state index in [1.165, 1.54) is 12.3 Å². The van der Waals surface area contributed by atoms with Gasteiger partial charge in [-0.25, -0.2) is 18.4 Å². The Hall–Kier alpha value is -3.35. The molecule has 1 aliphatic rings. The quantitative estimate of drug-likeness (QED) is 0.362. The Morgan fingerprint density at radius 2 is 1.87 bits per heavy atom. The van der Waals surface area contributed by atoms with E-state index in [-0.39, 0.29) is 22.2 Å². The minimum Gasteiger partial charge on any atom is -0.355 e. The second-order valence-corrected chi connectivity index (χ2v) is 10.3. The van der Waals surface area contributed by atoms with Crippen molar-refractivity contribution in [2.24, 2.45) is 5.92 Å². The van der Waals surface area contributed by atoms with Crippen molar-refractivity contribution in [3.8, 4) is 10.6 Å². The van der Waals surface area contributed by atoms with Gasteiger partial charge in [-0.1, -0.05) is 6.07 Å². The summed E-state index contributed by atoms with van der Waals surface area (Å²) in [7, 11) is 0. The van der Waals surface area contributed by atoms with Crippen LogP contribution in [-0.2, 0) is 11.3 Å². The van der Waals surface area contributed by atoms with Crippen LogP contribution < -0.4 is 10.2 Å². The minimum atomic E-state index is -4.84. The molecule has 1 atom stereocenters. The summed E-state index contributed by atoms with van der Waals surface area (Å²) in [5, 5.41) is 7.15. The molecule has 2 aromatic heterocycles. The predicted molar refractivity (Wildman–Crippen MR) is 133 cm³/mol. The normalized spacial score (nSPS) is 16.4. The topological polar surface area (TPSA) is 80.1 Å². The van der Waals surface area contributed by atoms with Crippen LogP contribution in [0.1, 0.15) is 48.0 Å². The molecule has 1 saturated heterocycles. The zero-order chi connectivity index (χ0) is 27.6. The van der Waals surface area contributed by atoms with Crippen molar-refractivity contribution >= 4 is 34.5 Å². The molecule has 1 fully saturated rings. The number of rotatable bonds is 7. The number of nitrogens with one attached hydrogen (secondary N) is 1. The van der Waals surface area contributed by atoms with Crippen molar-refractivity contribution in [3.05, 3.63) is 46.6 Å². The number of hydrogen-bond acceptors (Lipinski definition) is 6. The van der Waals surface area contributed by atoms with Crippen LogP contribution in [0.2, 0.25) is 0 Å². The standard InChI is InChI=1S/C25H26F5N5O2S/c1-3-35-24(34-10-5-6-15(9-11-34)12-19(36)25(28,29)30)18(13-31-35)32-22(37)21-14(2)38-23(33-21)20-16(26)7-4-8-17(20)27/h4,7-8,13,15H,3,5-6,9-12H2,1-2H3,(H,32,37). The first-order valence-electron chi connectivity index (χ1n) is 12.1. The van der Waals surface area contributed by atoms with Crippen LogP contribution in [0.5, 0.6) is 0 Å². The number of ketones is 1. The average Bonchev–Trinajstić information content (AvgIpc) is 3.34. The lowest BCUT2D eigenvalue weighted by molar-refractivity contribution is -0.172. The molecule has 7 nitrogen and oxygen atoms in total. The SMILES string of the molecule is CCn1ncc(NC(=O)c2nc(-c3c(F)cccc3F)sc2C)c1N1CCCC(CC(=O)C(F)(F)F)CC1. The number of alkyl halides is 3. The number of aryl methyl sites for hydroxylation is 2. The Balaban J connectivity index is 1.53. The lowest BCUT2D eigenvalue weighted by atomic mass is 9.94. The van der Waals surface area contributed by atoms with Crippen molar-refractivity contribution in [2.45, 2.75) is 52.3 Å². The summed E-state index contributed by atoms with van der Waals surface area (Å²) in [6, 6.07) is 3.48. The second-order valence-electron chi connectivity index (χ2n) is 9.08. The summed E-state index contributed by atoms with van der Waals surface area (Å²) >= 11 is 0.995. The highest BCUT2D eigenvalue weighted by Crippen LogP contribution is 2.34. The first-order valence-corrected chi connectivity index (χ1v) is 12.9. The molecule has 1 aliphatic heterocycles. The van der Waals surface area contributed by atoms with Crippen LogP contribution >= 0.6 is 11.3 Å². The van der Waals surface area contributed by atoms with Gasteiger partial charge in [-0.3, -0.25) is 9.59 Å². The summed E-state index contributed by atoms with van der Waals surface area (Å²) < 4.78 is 68.4. The zero-order valence-corrected chi connectivity index (χ0v) is 21.6. The summed E-state index contributed by atoms with van der Waals surface area (Å²) in [5.74, 6) is -3.66. The van der Waals surface area contributed by atoms with E-state index in [2.05, 4.69) is 15.4 Å². The summed E-state index contributed by atoms with van der Waals surface area (Å²) in [6.45, 7) is 4.87. The lowest BCUT2D eigenvalue weighted by Crippen LogP contribution is -2.29. The van der Waals surface area contributed by atoms with Crippen LogP contribution in [0.25, 0.3) is 10.6 Å². The summed E-state index contributed by atoms with van der Waals surface area (Å²) in [6.07, 6.45) is -2.47. The second kappa shape index (κ2) is 11.2. The van der Waals surface area contributed by atoms with Gasteiger partial charge in [-0.05, 0) is 51.2 Å². The zero-order valence-electron chi connectivity index (χ0n) is 20.7. The first-order chi connectivity index (χ1) is 18.0. The number of halogens is 5. The molecule has 38 heavy (non-hydrogen) atoms. The smallest absolute Gasteiger partial charge is 0.355 e. The van der Waals surface area contributed by atoms with E-state index in [9.17, 15) is 31.5 Å². The van der Waals surface area contributed by atoms with Gasteiger partial charge in [-0.2, -0.15) is 18.3 Å². The van der Waals surface area contributed by atoms with E-state index in [1.54, 1.807) is 11.6 Å². The molecule has 0 radical (unpaired) electrons. The molecule has 3 heterocycles. The number of Topliss-reactive ketones (excluding diaryl/α,β-unsaturated/α-hetero) is 1. The van der Waals surface area contributed by atoms with Crippen LogP contribution in [0.3, 0.4) is 0 Å². The number of benzene rings is 1. The Labute approximate surface area is 219 Å². The van der Waals surface area contributed by atoms with Crippen LogP contribution in [-0.4, -0.2) is 45.7 Å². The Morgan fingerprint density at radius 1 is 1.16 bits per heavy atom. The number of carbonyl (C=O) groups excluding carboxylic acids is 2. The Morgan fingerprint density at radius 3 is 2.53 bits per heavy atom. The molecule has 0 spiro atoms. The summed E-state index contributed by atoms with van der Waals surface area (Å²) in [5.41, 5.74) is 0.0967. The van der Waals surface area contributed by atoms with Crippen molar-refractivity contribution in [3.63, 3.8) is 0 Å². The van der Waals surface area contributed by atoms with E-state index >= 15 is 0 Å². The molecular formula is C25H26F5N5O2S. The van der Waals surface area contributed by atoms with Gasteiger partial charge in [0.2, 0.25) is 5.78 Å². The fourth-order valence-corrected chi connectivity index (χ4v) is 5.55. The molecule has 3 aromatic rings. The molecule has 1 unspecified atom stereocenters. The van der Waals surface area contributed by atoms with Gasteiger partial charge in [0.05, 0.1) is 11.8 Å². The van der Waals surface area contributed by atoms with Crippen molar-refractivity contribution in [1.29, 1.82) is 0 Å². The highest BCUT2D eigenvalue weighted by molar-refractivity contribution is 7.15. The van der Waals surface area contributed by atoms with Gasteiger partial charge in [0.25, 0.3) is 5.91 Å². The minimum absolute atomic E-state index is 0.0180. The Bertz CT molecular complexity index is 1320. The molecule has 0 aliphatic carbocycles. The monoisotopic (exact) mass is 555 g/mol. The number of amides is 1. The van der Waals surface area contributed by atoms with Crippen LogP contribution in [0, 0.1) is 24.5 Å². The van der Waals surface area contributed by atoms with E-state index in [4.69, 9.17) is 0 Å². The van der Waals surface area contributed by atoms with Crippen molar-refractivity contribution in [2.75, 3.05) is 23.3 Å². The average molecular weight is 556 g/mol. The van der Waals surface area contributed by atoms with Crippen molar-refractivity contribution < 1.29 is 31.5 Å². The van der Waals surface area contributed by atoms with E-state index < -0.39 is 35.9 Å². The van der Waals surface area contributed by atoms with Crippen LogP contribution in [0.15, 0.2) is 24.4 Å². The predicted octanol–water partition coefficient (Wildman–Crippen LogP) is 5.99. The van der Waals surface area contributed by atoms with E-state index in [1.807, 2.05) is 11.8 Å². The third kappa shape index (κ3) is 5.87. The largest absolute Gasteiger partial charge is 0.449 e. The fraction of sp³-hybridized carbons (Fsp3) is 0.440. The molecule has 204 valence electrons. The molecule has 0 bridgehead atoms. The van der Waals surface area contributed by atoms with Gasteiger partial charge < -0.3 is 10.2 Å². The van der Waals surface area contributed by atoms with Gasteiger partial charge >= 0.3 is 6.18 Å². The number of anilines is 2. The van der Waals surface area contributed by atoms with Crippen LogP contribution in [0.4, 0.5) is 33.5 Å². The van der Waals surface area contributed by atoms with Gasteiger partial charge in [0, 0.05) is 30.9 Å². The first kappa shape index (κ1) is 27.7. The third-order valence-corrected chi connectivity index (χ3v) is 7.47. The molecule has 4 rings (SSSR count). The molecule has 0 saturated carbocycles. The number of hydrogen-bond donors (Lipinski definition) is 1. The summed E-state index contributed by atoms with van der Waals surface area (Å²) in [4.78, 5) is 31.3. The van der Waals surface area contributed by atoms with Gasteiger partial charge in [0.15, 0.2) is 5.82 Å². The highest BCUT2D eigenvalue weighted by Gasteiger charge is 2.39. The van der Waals surface area contributed by atoms with Gasteiger partial charge in [0.1, 0.15) is 28.0 Å². The maximum atomic E-state index is 14.2. The fourth-order valence-electron chi connectivity index (χ4n) is 4.59. The number of carbonyl (C=O) groups is 2.